The highest BCUT2D eigenvalue weighted by atomic mass is 32.2. The first-order chi connectivity index (χ1) is 33.9. The van der Waals surface area contributed by atoms with Gasteiger partial charge in [0.2, 0.25) is 6.79 Å². The summed E-state index contributed by atoms with van der Waals surface area (Å²) < 4.78 is 44.2. The van der Waals surface area contributed by atoms with Gasteiger partial charge in [0.25, 0.3) is 0 Å². The molecule has 7 aliphatic heterocycles. The Hall–Kier alpha value is -5.21. The molecule has 7 aliphatic rings. The summed E-state index contributed by atoms with van der Waals surface area (Å²) in [5.41, 5.74) is 4.59. The predicted molar refractivity (Wildman–Crippen MR) is 263 cm³/mol. The van der Waals surface area contributed by atoms with Crippen LogP contribution in [0.25, 0.3) is 0 Å². The molecule has 0 amide bonds. The lowest BCUT2D eigenvalue weighted by Gasteiger charge is -2.62. The molecule has 3 aromatic carbocycles. The lowest BCUT2D eigenvalue weighted by molar-refractivity contribution is -0.157. The van der Waals surface area contributed by atoms with Crippen molar-refractivity contribution >= 4 is 29.7 Å². The Balaban J connectivity index is 1.26. The summed E-state index contributed by atoms with van der Waals surface area (Å²) in [7, 11) is 5.11. The third kappa shape index (κ3) is 8.62. The van der Waals surface area contributed by atoms with Gasteiger partial charge in [0, 0.05) is 59.5 Å². The molecule has 10 rings (SSSR count). The van der Waals surface area contributed by atoms with Crippen LogP contribution < -0.4 is 33.7 Å². The standard InChI is InChI=1S/C54H68N4O11S/c1-8-10-12-14-16-18-40(60)68-48-31(4)49-50(67-29-66-49)43-37-27-65-53(62)54(34-25-39(63-6)38(59)24-32(34)20-21-56-54)28-70-52(44(43)48)46-45-42-33(23-35(57(45)5)36(26-55)58(37)46)22-30(3)47(64-7)51(42)69-41(61)19-17-15-13-11-9-2/h22,24-25,35-37,45-46,52,56,59H,8-21,23,27-29H2,1-7H3/t35-,36-,37-,45+,46?,52+,54+/m0/s1. The number of piperazine rings is 1. The first-order valence-electron chi connectivity index (χ1n) is 25.3. The molecule has 0 saturated carbocycles. The smallest absolute Gasteiger partial charge is 0.331 e. The van der Waals surface area contributed by atoms with Gasteiger partial charge in [0.15, 0.2) is 40.0 Å². The number of nitriles is 1. The van der Waals surface area contributed by atoms with E-state index in [-0.39, 0.29) is 61.5 Å². The van der Waals surface area contributed by atoms with E-state index in [0.29, 0.717) is 83.2 Å². The normalized spacial score (nSPS) is 25.2. The topological polar surface area (TPSA) is 178 Å². The number of aromatic hydroxyl groups is 1. The Morgan fingerprint density at radius 1 is 0.871 bits per heavy atom. The summed E-state index contributed by atoms with van der Waals surface area (Å²) in [5, 5.41) is 25.4. The number of rotatable bonds is 16. The van der Waals surface area contributed by atoms with Crippen molar-refractivity contribution in [3.63, 3.8) is 0 Å². The molecule has 0 radical (unpaired) electrons. The molecule has 2 saturated heterocycles. The second kappa shape index (κ2) is 20.9. The summed E-state index contributed by atoms with van der Waals surface area (Å²) in [5.74, 6) is 1.25. The molecule has 2 fully saturated rings. The zero-order valence-electron chi connectivity index (χ0n) is 41.7. The van der Waals surface area contributed by atoms with Gasteiger partial charge in [-0.2, -0.15) is 5.26 Å². The fourth-order valence-corrected chi connectivity index (χ4v) is 13.9. The minimum Gasteiger partial charge on any atom is -0.504 e. The van der Waals surface area contributed by atoms with Crippen molar-refractivity contribution in [1.29, 1.82) is 5.26 Å². The number of hydrogen-bond donors (Lipinski definition) is 2. The average molecular weight is 981 g/mol. The molecule has 1 spiro atoms. The number of nitrogens with one attached hydrogen (secondary N) is 1. The highest BCUT2D eigenvalue weighted by Crippen LogP contribution is 2.65. The lowest BCUT2D eigenvalue weighted by Crippen LogP contribution is -2.69. The Kier molecular flexibility index (Phi) is 14.8. The van der Waals surface area contributed by atoms with E-state index in [0.717, 1.165) is 73.6 Å². The predicted octanol–water partition coefficient (Wildman–Crippen LogP) is 8.89. The summed E-state index contributed by atoms with van der Waals surface area (Å²) in [6.45, 7) is 8.32. The first kappa shape index (κ1) is 49.8. The van der Waals surface area contributed by atoms with Crippen molar-refractivity contribution in [3.05, 3.63) is 62.7 Å². The minimum atomic E-state index is -1.40. The molecule has 4 bridgehead atoms. The van der Waals surface area contributed by atoms with Crippen LogP contribution in [-0.2, 0) is 37.5 Å². The van der Waals surface area contributed by atoms with Crippen LogP contribution in [-0.4, -0.2) is 97.9 Å². The Morgan fingerprint density at radius 2 is 1.56 bits per heavy atom. The molecule has 15 nitrogen and oxygen atoms in total. The van der Waals surface area contributed by atoms with Crippen molar-refractivity contribution in [2.45, 2.75) is 159 Å². The van der Waals surface area contributed by atoms with Gasteiger partial charge in [-0.3, -0.25) is 24.7 Å². The van der Waals surface area contributed by atoms with Crippen LogP contribution in [0.3, 0.4) is 0 Å². The van der Waals surface area contributed by atoms with E-state index in [1.807, 2.05) is 20.9 Å². The summed E-state index contributed by atoms with van der Waals surface area (Å²) in [4.78, 5) is 47.8. The van der Waals surface area contributed by atoms with Gasteiger partial charge in [0.1, 0.15) is 18.4 Å². The Labute approximate surface area is 415 Å². The van der Waals surface area contributed by atoms with Crippen LogP contribution in [0.1, 0.15) is 153 Å². The van der Waals surface area contributed by atoms with Crippen LogP contribution in [0.4, 0.5) is 0 Å². The highest BCUT2D eigenvalue weighted by molar-refractivity contribution is 7.99. The van der Waals surface area contributed by atoms with Crippen LogP contribution in [0, 0.1) is 25.2 Å². The number of unbranched alkanes of at least 4 members (excludes halogenated alkanes) is 8. The van der Waals surface area contributed by atoms with Gasteiger partial charge in [-0.1, -0.05) is 71.3 Å². The maximum atomic E-state index is 15.1. The van der Waals surface area contributed by atoms with Gasteiger partial charge < -0.3 is 38.3 Å². The number of methoxy groups -OCH3 is 2. The molecule has 16 heteroatoms. The van der Waals surface area contributed by atoms with Gasteiger partial charge >= 0.3 is 17.9 Å². The van der Waals surface area contributed by atoms with Crippen molar-refractivity contribution in [2.75, 3.05) is 47.0 Å². The van der Waals surface area contributed by atoms with Gasteiger partial charge in [-0.25, -0.2) is 4.79 Å². The zero-order valence-corrected chi connectivity index (χ0v) is 42.5. The quantitative estimate of drug-likeness (QED) is 0.0789. The number of phenolic OH excluding ortho intramolecular Hbond substituents is 1. The molecule has 7 heterocycles. The SMILES string of the molecule is CCCCCCCC(=O)Oc1c(C)c2c(c3c1[C@H]1SC[C@]4(NCCc5cc(O)c(OC)cc54)C(=O)OC[C@@H]3N3C1[C@H]1c4c(cc(C)c(OC)c4OC(=O)CCCCCCC)C[C@@H]([C@@H]3C#N)N1C)OCO2. The van der Waals surface area contributed by atoms with Crippen LogP contribution in [0.15, 0.2) is 18.2 Å². The molecule has 0 aromatic heterocycles. The average Bonchev–Trinajstić information content (AvgIpc) is 3.84. The number of carbonyl (C=O) groups excluding carboxylic acids is 3. The number of carbonyl (C=O) groups is 3. The third-order valence-corrected chi connectivity index (χ3v) is 17.0. The molecule has 70 heavy (non-hydrogen) atoms. The number of fused-ring (bicyclic) bond motifs is 9. The number of nitrogens with zero attached hydrogens (tertiary/aromatic N) is 3. The van der Waals surface area contributed by atoms with E-state index in [4.69, 9.17) is 33.2 Å². The number of phenols is 1. The fourth-order valence-electron chi connectivity index (χ4n) is 12.2. The molecule has 1 unspecified atom stereocenters. The number of esters is 3. The van der Waals surface area contributed by atoms with Crippen LogP contribution >= 0.6 is 11.8 Å². The molecule has 2 N–H and O–H groups in total. The second-order valence-electron chi connectivity index (χ2n) is 19.8. The van der Waals surface area contributed by atoms with E-state index >= 15 is 4.79 Å². The van der Waals surface area contributed by atoms with Crippen LogP contribution in [0.5, 0.6) is 40.2 Å². The molecule has 7 atom stereocenters. The van der Waals surface area contributed by atoms with E-state index in [1.165, 1.54) is 18.9 Å². The molecular weight excluding hydrogens is 913 g/mol. The zero-order chi connectivity index (χ0) is 49.4. The molecule has 3 aromatic rings. The number of aryl methyl sites for hydroxylation is 1. The maximum absolute atomic E-state index is 15.1. The van der Waals surface area contributed by atoms with Gasteiger partial charge in [-0.15, -0.1) is 11.8 Å². The summed E-state index contributed by atoms with van der Waals surface area (Å²) in [6.07, 6.45) is 11.2. The molecular formula is C54H68N4O11S. The van der Waals surface area contributed by atoms with Crippen LogP contribution in [0.2, 0.25) is 0 Å². The third-order valence-electron chi connectivity index (χ3n) is 15.6. The molecule has 0 aliphatic carbocycles. The van der Waals surface area contributed by atoms with E-state index in [9.17, 15) is 20.0 Å². The van der Waals surface area contributed by atoms with Crippen molar-refractivity contribution < 1.29 is 52.6 Å². The second-order valence-corrected chi connectivity index (χ2v) is 20.9. The van der Waals surface area contributed by atoms with E-state index < -0.39 is 40.9 Å². The maximum Gasteiger partial charge on any atom is 0.331 e. The number of thioether (sulfide) groups is 1. The lowest BCUT2D eigenvalue weighted by atomic mass is 9.71. The van der Waals surface area contributed by atoms with E-state index in [2.05, 4.69) is 41.1 Å². The number of likely N-dealkylation sites (N-methyl/N-ethyl adjacent to an activating group) is 1. The van der Waals surface area contributed by atoms with Crippen molar-refractivity contribution in [1.82, 2.24) is 15.1 Å². The Morgan fingerprint density at radius 3 is 2.23 bits per heavy atom. The monoisotopic (exact) mass is 980 g/mol. The number of hydrogen-bond acceptors (Lipinski definition) is 16. The van der Waals surface area contributed by atoms with Gasteiger partial charge in [-0.05, 0) is 81.0 Å². The minimum absolute atomic E-state index is 0.0249. The summed E-state index contributed by atoms with van der Waals surface area (Å²) in [6, 6.07) is 5.27. The highest BCUT2D eigenvalue weighted by Gasteiger charge is 2.62. The van der Waals surface area contributed by atoms with E-state index in [1.54, 1.807) is 19.2 Å². The first-order valence-corrected chi connectivity index (χ1v) is 26.4. The number of benzene rings is 3. The summed E-state index contributed by atoms with van der Waals surface area (Å²) >= 11 is 1.51. The van der Waals surface area contributed by atoms with Gasteiger partial charge in [0.05, 0.1) is 37.6 Å². The van der Waals surface area contributed by atoms with Crippen molar-refractivity contribution in [3.8, 4) is 46.3 Å². The molecule has 376 valence electrons. The fraction of sp³-hybridized carbons (Fsp3) is 0.593. The Bertz CT molecular complexity index is 2560. The number of ether oxygens (including phenoxy) is 7. The largest absolute Gasteiger partial charge is 0.504 e. The van der Waals surface area contributed by atoms with Crippen molar-refractivity contribution in [2.24, 2.45) is 0 Å².